The molecule has 2 rings (SSSR count). The van der Waals surface area contributed by atoms with Crippen LogP contribution in [0.2, 0.25) is 0 Å². The Morgan fingerprint density at radius 3 is 2.57 bits per heavy atom. The van der Waals surface area contributed by atoms with Crippen LogP contribution in [0.25, 0.3) is 0 Å². The molecular weight excluding hydrogens is 296 g/mol. The van der Waals surface area contributed by atoms with Gasteiger partial charge in [-0.05, 0) is 37.1 Å². The van der Waals surface area contributed by atoms with E-state index in [0.717, 1.165) is 22.8 Å². The van der Waals surface area contributed by atoms with Crippen molar-refractivity contribution in [2.75, 3.05) is 6.54 Å². The molecule has 0 bridgehead atoms. The first kappa shape index (κ1) is 16.7. The van der Waals surface area contributed by atoms with Crippen molar-refractivity contribution in [3.05, 3.63) is 46.5 Å². The van der Waals surface area contributed by atoms with E-state index in [1.807, 2.05) is 18.5 Å². The van der Waals surface area contributed by atoms with Gasteiger partial charge >= 0.3 is 5.97 Å². The SMILES string of the molecule is Cc1cc(C(=O)O)ccc1CC(=O)NCCc1nnc(C)n1C. The number of aryl methyl sites for hydroxylation is 2. The van der Waals surface area contributed by atoms with E-state index in [4.69, 9.17) is 5.11 Å². The van der Waals surface area contributed by atoms with E-state index in [1.165, 1.54) is 6.07 Å². The third-order valence-corrected chi connectivity index (χ3v) is 3.79. The summed E-state index contributed by atoms with van der Waals surface area (Å²) in [6.45, 7) is 4.16. The summed E-state index contributed by atoms with van der Waals surface area (Å²) in [7, 11) is 1.89. The van der Waals surface area contributed by atoms with Gasteiger partial charge in [0.1, 0.15) is 11.6 Å². The first-order chi connectivity index (χ1) is 10.9. The van der Waals surface area contributed by atoms with Crippen molar-refractivity contribution in [1.82, 2.24) is 20.1 Å². The monoisotopic (exact) mass is 316 g/mol. The predicted molar refractivity (Wildman–Crippen MR) is 84.3 cm³/mol. The summed E-state index contributed by atoms with van der Waals surface area (Å²) in [5.41, 5.74) is 1.84. The number of benzene rings is 1. The Hall–Kier alpha value is -2.70. The highest BCUT2D eigenvalue weighted by Crippen LogP contribution is 2.12. The molecule has 0 radical (unpaired) electrons. The summed E-state index contributed by atoms with van der Waals surface area (Å²) in [4.78, 5) is 22.9. The Bertz CT molecular complexity index is 737. The number of aromatic carboxylic acids is 1. The normalized spacial score (nSPS) is 10.6. The highest BCUT2D eigenvalue weighted by Gasteiger charge is 2.10. The number of rotatable bonds is 6. The second kappa shape index (κ2) is 7.04. The van der Waals surface area contributed by atoms with Crippen LogP contribution in [-0.4, -0.2) is 38.3 Å². The molecule has 2 N–H and O–H groups in total. The number of amides is 1. The lowest BCUT2D eigenvalue weighted by molar-refractivity contribution is -0.120. The van der Waals surface area contributed by atoms with Crippen LogP contribution in [0.3, 0.4) is 0 Å². The second-order valence-corrected chi connectivity index (χ2v) is 5.45. The summed E-state index contributed by atoms with van der Waals surface area (Å²) in [6, 6.07) is 4.78. The number of carboxylic acid groups (broad SMARTS) is 1. The molecule has 23 heavy (non-hydrogen) atoms. The van der Waals surface area contributed by atoms with Gasteiger partial charge in [-0.15, -0.1) is 10.2 Å². The smallest absolute Gasteiger partial charge is 0.335 e. The van der Waals surface area contributed by atoms with Gasteiger partial charge in [0.25, 0.3) is 0 Å². The van der Waals surface area contributed by atoms with Gasteiger partial charge in [0.05, 0.1) is 12.0 Å². The molecular formula is C16H20N4O3. The standard InChI is InChI=1S/C16H20N4O3/c1-10-8-13(16(22)23)5-4-12(10)9-15(21)17-7-6-14-19-18-11(2)20(14)3/h4-5,8H,6-7,9H2,1-3H3,(H,17,21)(H,22,23). The number of carboxylic acids is 1. The van der Waals surface area contributed by atoms with Crippen LogP contribution in [0.4, 0.5) is 0 Å². The summed E-state index contributed by atoms with van der Waals surface area (Å²) in [5, 5.41) is 19.8. The third-order valence-electron chi connectivity index (χ3n) is 3.79. The number of hydrogen-bond acceptors (Lipinski definition) is 4. The van der Waals surface area contributed by atoms with Crippen LogP contribution < -0.4 is 5.32 Å². The molecule has 2 aromatic rings. The highest BCUT2D eigenvalue weighted by atomic mass is 16.4. The average Bonchev–Trinajstić information content (AvgIpc) is 2.81. The fraction of sp³-hybridized carbons (Fsp3) is 0.375. The van der Waals surface area contributed by atoms with Crippen LogP contribution in [0.15, 0.2) is 18.2 Å². The van der Waals surface area contributed by atoms with Crippen molar-refractivity contribution in [1.29, 1.82) is 0 Å². The molecule has 1 aromatic carbocycles. The number of hydrogen-bond donors (Lipinski definition) is 2. The van der Waals surface area contributed by atoms with Gasteiger partial charge in [-0.3, -0.25) is 4.79 Å². The zero-order valence-corrected chi connectivity index (χ0v) is 13.5. The van der Waals surface area contributed by atoms with E-state index in [-0.39, 0.29) is 17.9 Å². The number of carbonyl (C=O) groups is 2. The van der Waals surface area contributed by atoms with E-state index in [0.29, 0.717) is 13.0 Å². The number of nitrogens with one attached hydrogen (secondary N) is 1. The van der Waals surface area contributed by atoms with Crippen LogP contribution in [0.5, 0.6) is 0 Å². The summed E-state index contributed by atoms with van der Waals surface area (Å²) < 4.78 is 1.89. The molecule has 0 aliphatic rings. The van der Waals surface area contributed by atoms with E-state index in [1.54, 1.807) is 19.1 Å². The quantitative estimate of drug-likeness (QED) is 0.829. The minimum absolute atomic E-state index is 0.102. The molecule has 0 saturated carbocycles. The maximum absolute atomic E-state index is 12.0. The summed E-state index contributed by atoms with van der Waals surface area (Å²) in [5.74, 6) is 0.586. The van der Waals surface area contributed by atoms with Crippen molar-refractivity contribution in [2.45, 2.75) is 26.7 Å². The molecule has 0 atom stereocenters. The average molecular weight is 316 g/mol. The molecule has 0 spiro atoms. The van der Waals surface area contributed by atoms with E-state index < -0.39 is 5.97 Å². The number of carbonyl (C=O) groups excluding carboxylic acids is 1. The second-order valence-electron chi connectivity index (χ2n) is 5.45. The van der Waals surface area contributed by atoms with Crippen molar-refractivity contribution in [2.24, 2.45) is 7.05 Å². The molecule has 0 aliphatic carbocycles. The molecule has 7 nitrogen and oxygen atoms in total. The van der Waals surface area contributed by atoms with Crippen molar-refractivity contribution in [3.8, 4) is 0 Å². The first-order valence-corrected chi connectivity index (χ1v) is 7.33. The van der Waals surface area contributed by atoms with Crippen molar-refractivity contribution in [3.63, 3.8) is 0 Å². The van der Waals surface area contributed by atoms with Crippen molar-refractivity contribution >= 4 is 11.9 Å². The van der Waals surface area contributed by atoms with Crippen LogP contribution in [0.1, 0.15) is 33.1 Å². The van der Waals surface area contributed by atoms with E-state index in [2.05, 4.69) is 15.5 Å². The third kappa shape index (κ3) is 4.15. The Morgan fingerprint density at radius 1 is 1.26 bits per heavy atom. The van der Waals surface area contributed by atoms with Gasteiger partial charge < -0.3 is 15.0 Å². The number of aromatic nitrogens is 3. The Kier molecular flexibility index (Phi) is 5.10. The van der Waals surface area contributed by atoms with E-state index in [9.17, 15) is 9.59 Å². The largest absolute Gasteiger partial charge is 0.478 e. The van der Waals surface area contributed by atoms with Gasteiger partial charge in [-0.25, -0.2) is 4.79 Å². The minimum atomic E-state index is -0.969. The Morgan fingerprint density at radius 2 is 2.00 bits per heavy atom. The topological polar surface area (TPSA) is 97.1 Å². The minimum Gasteiger partial charge on any atom is -0.478 e. The predicted octanol–water partition coefficient (Wildman–Crippen LogP) is 1.03. The van der Waals surface area contributed by atoms with Crippen LogP contribution in [0, 0.1) is 13.8 Å². The maximum Gasteiger partial charge on any atom is 0.335 e. The molecule has 122 valence electrons. The van der Waals surface area contributed by atoms with Gasteiger partial charge in [0.2, 0.25) is 5.91 Å². The molecule has 1 amide bonds. The zero-order chi connectivity index (χ0) is 17.0. The molecule has 0 aliphatic heterocycles. The van der Waals surface area contributed by atoms with Gasteiger partial charge in [0, 0.05) is 20.0 Å². The Balaban J connectivity index is 1.87. The molecule has 0 unspecified atom stereocenters. The molecule has 0 fully saturated rings. The molecule has 1 heterocycles. The first-order valence-electron chi connectivity index (χ1n) is 7.33. The summed E-state index contributed by atoms with van der Waals surface area (Å²) in [6.07, 6.45) is 0.837. The van der Waals surface area contributed by atoms with Crippen molar-refractivity contribution < 1.29 is 14.7 Å². The maximum atomic E-state index is 12.0. The highest BCUT2D eigenvalue weighted by molar-refractivity contribution is 5.88. The fourth-order valence-electron chi connectivity index (χ4n) is 2.25. The Labute approximate surface area is 134 Å². The van der Waals surface area contributed by atoms with Crippen LogP contribution in [-0.2, 0) is 24.7 Å². The van der Waals surface area contributed by atoms with Gasteiger partial charge in [-0.2, -0.15) is 0 Å². The van der Waals surface area contributed by atoms with E-state index >= 15 is 0 Å². The molecule has 7 heteroatoms. The zero-order valence-electron chi connectivity index (χ0n) is 13.5. The number of nitrogens with zero attached hydrogens (tertiary/aromatic N) is 3. The molecule has 1 aromatic heterocycles. The van der Waals surface area contributed by atoms with Gasteiger partial charge in [-0.1, -0.05) is 6.07 Å². The lowest BCUT2D eigenvalue weighted by Crippen LogP contribution is -2.28. The van der Waals surface area contributed by atoms with Crippen LogP contribution >= 0.6 is 0 Å². The summed E-state index contributed by atoms with van der Waals surface area (Å²) >= 11 is 0. The fourth-order valence-corrected chi connectivity index (χ4v) is 2.25. The lowest BCUT2D eigenvalue weighted by atomic mass is 10.0. The molecule has 0 saturated heterocycles. The van der Waals surface area contributed by atoms with Gasteiger partial charge in [0.15, 0.2) is 0 Å². The lowest BCUT2D eigenvalue weighted by Gasteiger charge is -2.08.